The maximum absolute atomic E-state index is 11.3. The molecule has 0 aromatic carbocycles. The van der Waals surface area contributed by atoms with Gasteiger partial charge in [-0.1, -0.05) is 18.6 Å². The normalized spacial score (nSPS) is 27.1. The van der Waals surface area contributed by atoms with Crippen LogP contribution in [0.1, 0.15) is 33.6 Å². The summed E-state index contributed by atoms with van der Waals surface area (Å²) in [6.07, 6.45) is 6.08. The number of hydrogen-bond acceptors (Lipinski definition) is 3. The van der Waals surface area contributed by atoms with Gasteiger partial charge in [0.05, 0.1) is 5.75 Å². The summed E-state index contributed by atoms with van der Waals surface area (Å²) in [4.78, 5) is 2.19. The SMILES string of the molecule is CC1=CCCC(C)C1CN(C)C(C)CS(C)(=O)=O. The lowest BCUT2D eigenvalue weighted by Gasteiger charge is -2.34. The van der Waals surface area contributed by atoms with Crippen LogP contribution >= 0.6 is 0 Å². The molecule has 3 nitrogen and oxygen atoms in total. The summed E-state index contributed by atoms with van der Waals surface area (Å²) in [6.45, 7) is 7.46. The molecule has 0 aliphatic heterocycles. The molecule has 0 amide bonds. The van der Waals surface area contributed by atoms with E-state index < -0.39 is 9.84 Å². The lowest BCUT2D eigenvalue weighted by molar-refractivity contribution is 0.206. The van der Waals surface area contributed by atoms with Crippen molar-refractivity contribution in [1.29, 1.82) is 0 Å². The zero-order valence-corrected chi connectivity index (χ0v) is 13.1. The van der Waals surface area contributed by atoms with Crippen molar-refractivity contribution in [2.24, 2.45) is 11.8 Å². The minimum absolute atomic E-state index is 0.0851. The largest absolute Gasteiger partial charge is 0.302 e. The Morgan fingerprint density at radius 1 is 1.50 bits per heavy atom. The molecule has 0 aromatic heterocycles. The number of rotatable bonds is 5. The Labute approximate surface area is 112 Å². The van der Waals surface area contributed by atoms with Gasteiger partial charge in [0, 0.05) is 18.8 Å². The summed E-state index contributed by atoms with van der Waals surface area (Å²) >= 11 is 0. The van der Waals surface area contributed by atoms with Crippen molar-refractivity contribution in [2.75, 3.05) is 25.6 Å². The van der Waals surface area contributed by atoms with Crippen LogP contribution in [0.4, 0.5) is 0 Å². The molecule has 4 heteroatoms. The first kappa shape index (κ1) is 15.7. The van der Waals surface area contributed by atoms with Gasteiger partial charge >= 0.3 is 0 Å². The third kappa shape index (κ3) is 4.73. The van der Waals surface area contributed by atoms with E-state index in [0.29, 0.717) is 11.8 Å². The fourth-order valence-corrected chi connectivity index (χ4v) is 3.89. The Balaban J connectivity index is 2.61. The molecule has 0 aromatic rings. The van der Waals surface area contributed by atoms with Crippen molar-refractivity contribution in [3.8, 4) is 0 Å². The zero-order valence-electron chi connectivity index (χ0n) is 12.3. The number of nitrogens with zero attached hydrogens (tertiary/aromatic N) is 1. The van der Waals surface area contributed by atoms with Gasteiger partial charge in [-0.3, -0.25) is 0 Å². The Kier molecular flexibility index (Phi) is 5.41. The van der Waals surface area contributed by atoms with E-state index in [2.05, 4.69) is 24.8 Å². The Bertz CT molecular complexity index is 400. The van der Waals surface area contributed by atoms with Gasteiger partial charge in [-0.2, -0.15) is 0 Å². The Hall–Kier alpha value is -0.350. The second-order valence-corrected chi connectivity index (χ2v) is 8.18. The standard InChI is InChI=1S/C14H27NO2S/c1-11-7-6-8-12(2)14(11)9-15(4)13(3)10-18(5,16)17/h7,12-14H,6,8-10H2,1-5H3. The van der Waals surface area contributed by atoms with Gasteiger partial charge < -0.3 is 4.90 Å². The molecule has 0 N–H and O–H groups in total. The first-order valence-electron chi connectivity index (χ1n) is 6.75. The fourth-order valence-electron chi connectivity index (χ4n) is 2.75. The van der Waals surface area contributed by atoms with Gasteiger partial charge in [0.2, 0.25) is 0 Å². The molecular formula is C14H27NO2S. The van der Waals surface area contributed by atoms with Crippen LogP contribution in [0.25, 0.3) is 0 Å². The predicted molar refractivity (Wildman–Crippen MR) is 77.4 cm³/mol. The molecule has 0 bridgehead atoms. The molecule has 1 aliphatic carbocycles. The van der Waals surface area contributed by atoms with Crippen LogP contribution < -0.4 is 0 Å². The molecule has 3 atom stereocenters. The molecule has 0 fully saturated rings. The highest BCUT2D eigenvalue weighted by molar-refractivity contribution is 7.90. The summed E-state index contributed by atoms with van der Waals surface area (Å²) < 4.78 is 22.7. The van der Waals surface area contributed by atoms with Gasteiger partial charge in [-0.05, 0) is 45.6 Å². The van der Waals surface area contributed by atoms with E-state index in [9.17, 15) is 8.42 Å². The topological polar surface area (TPSA) is 37.4 Å². The van der Waals surface area contributed by atoms with E-state index in [-0.39, 0.29) is 11.8 Å². The Morgan fingerprint density at radius 3 is 2.61 bits per heavy atom. The molecule has 0 spiro atoms. The van der Waals surface area contributed by atoms with Crippen LogP contribution in [0.5, 0.6) is 0 Å². The number of allylic oxidation sites excluding steroid dienone is 1. The molecule has 1 rings (SSSR count). The number of sulfone groups is 1. The summed E-state index contributed by atoms with van der Waals surface area (Å²) in [5.74, 6) is 1.52. The quantitative estimate of drug-likeness (QED) is 0.722. The lowest BCUT2D eigenvalue weighted by atomic mass is 9.80. The highest BCUT2D eigenvalue weighted by Gasteiger charge is 2.25. The van der Waals surface area contributed by atoms with Gasteiger partial charge in [-0.15, -0.1) is 0 Å². The molecule has 106 valence electrons. The maximum atomic E-state index is 11.3. The fraction of sp³-hybridized carbons (Fsp3) is 0.857. The van der Waals surface area contributed by atoms with Crippen molar-refractivity contribution >= 4 is 9.84 Å². The van der Waals surface area contributed by atoms with Gasteiger partial charge in [0.1, 0.15) is 9.84 Å². The lowest BCUT2D eigenvalue weighted by Crippen LogP contribution is -2.40. The Morgan fingerprint density at radius 2 is 2.11 bits per heavy atom. The predicted octanol–water partition coefficient (Wildman–Crippen LogP) is 2.34. The molecular weight excluding hydrogens is 246 g/mol. The van der Waals surface area contributed by atoms with Crippen molar-refractivity contribution in [1.82, 2.24) is 4.90 Å². The molecule has 18 heavy (non-hydrogen) atoms. The van der Waals surface area contributed by atoms with Crippen LogP contribution in [0.15, 0.2) is 11.6 Å². The van der Waals surface area contributed by atoms with Crippen molar-refractivity contribution < 1.29 is 8.42 Å². The first-order chi connectivity index (χ1) is 8.20. The summed E-state index contributed by atoms with van der Waals surface area (Å²) in [7, 11) is -0.860. The second-order valence-electron chi connectivity index (χ2n) is 5.99. The molecule has 1 aliphatic rings. The summed E-state index contributed by atoms with van der Waals surface area (Å²) in [6, 6.07) is 0.0851. The molecule has 0 radical (unpaired) electrons. The van der Waals surface area contributed by atoms with Crippen molar-refractivity contribution in [3.63, 3.8) is 0 Å². The average molecular weight is 273 g/mol. The maximum Gasteiger partial charge on any atom is 0.148 e. The van der Waals surface area contributed by atoms with Crippen molar-refractivity contribution in [2.45, 2.75) is 39.7 Å². The third-order valence-corrected chi connectivity index (χ3v) is 5.23. The van der Waals surface area contributed by atoms with Crippen LogP contribution in [0.2, 0.25) is 0 Å². The van der Waals surface area contributed by atoms with E-state index in [1.54, 1.807) is 0 Å². The first-order valence-corrected chi connectivity index (χ1v) is 8.81. The molecule has 0 heterocycles. The van der Waals surface area contributed by atoms with E-state index in [1.807, 2.05) is 14.0 Å². The van der Waals surface area contributed by atoms with E-state index in [0.717, 1.165) is 6.54 Å². The molecule has 0 saturated heterocycles. The third-order valence-electron chi connectivity index (χ3n) is 4.14. The highest BCUT2D eigenvalue weighted by atomic mass is 32.2. The van der Waals surface area contributed by atoms with E-state index >= 15 is 0 Å². The molecule has 0 saturated carbocycles. The summed E-state index contributed by atoms with van der Waals surface area (Å²) in [5.41, 5.74) is 1.46. The van der Waals surface area contributed by atoms with Gasteiger partial charge in [0.15, 0.2) is 0 Å². The zero-order chi connectivity index (χ0) is 13.9. The van der Waals surface area contributed by atoms with Crippen LogP contribution in [0.3, 0.4) is 0 Å². The average Bonchev–Trinajstić information content (AvgIpc) is 2.21. The van der Waals surface area contributed by atoms with Crippen molar-refractivity contribution in [3.05, 3.63) is 11.6 Å². The minimum atomic E-state index is -2.89. The van der Waals surface area contributed by atoms with E-state index in [1.165, 1.54) is 24.7 Å². The molecule has 3 unspecified atom stereocenters. The van der Waals surface area contributed by atoms with Gasteiger partial charge in [-0.25, -0.2) is 8.42 Å². The second kappa shape index (κ2) is 6.20. The summed E-state index contributed by atoms with van der Waals surface area (Å²) in [5, 5.41) is 0. The van der Waals surface area contributed by atoms with Gasteiger partial charge in [0.25, 0.3) is 0 Å². The van der Waals surface area contributed by atoms with Crippen LogP contribution in [-0.4, -0.2) is 45.0 Å². The van der Waals surface area contributed by atoms with E-state index in [4.69, 9.17) is 0 Å². The smallest absolute Gasteiger partial charge is 0.148 e. The van der Waals surface area contributed by atoms with Crippen LogP contribution in [-0.2, 0) is 9.84 Å². The minimum Gasteiger partial charge on any atom is -0.302 e. The monoisotopic (exact) mass is 273 g/mol. The van der Waals surface area contributed by atoms with Crippen LogP contribution in [0, 0.1) is 11.8 Å². The highest BCUT2D eigenvalue weighted by Crippen LogP contribution is 2.30. The number of hydrogen-bond donors (Lipinski definition) is 0.